The van der Waals surface area contributed by atoms with Gasteiger partial charge < -0.3 is 15.2 Å². The fourth-order valence-electron chi connectivity index (χ4n) is 2.83. The summed E-state index contributed by atoms with van der Waals surface area (Å²) in [5.74, 6) is -0.347. The Morgan fingerprint density at radius 2 is 1.85 bits per heavy atom. The van der Waals surface area contributed by atoms with Gasteiger partial charge in [0.1, 0.15) is 12.6 Å². The normalized spacial score (nSPS) is 19.2. The van der Waals surface area contributed by atoms with Gasteiger partial charge in [-0.15, -0.1) is 0 Å². The first-order valence-corrected chi connectivity index (χ1v) is 9.04. The van der Waals surface area contributed by atoms with Crippen LogP contribution in [0.5, 0.6) is 0 Å². The number of aliphatic hydroxyl groups is 1. The number of amides is 2. The summed E-state index contributed by atoms with van der Waals surface area (Å²) in [6, 6.07) is 15.7. The largest absolute Gasteiger partial charge is 0.445 e. The number of aliphatic hydroxyl groups excluding tert-OH is 1. The molecule has 0 bridgehead atoms. The number of carbonyl (C=O) groups is 2. The summed E-state index contributed by atoms with van der Waals surface area (Å²) < 4.78 is 6.20. The van der Waals surface area contributed by atoms with Gasteiger partial charge in [-0.1, -0.05) is 46.3 Å². The molecule has 0 aromatic heterocycles. The van der Waals surface area contributed by atoms with E-state index in [0.29, 0.717) is 5.69 Å². The molecule has 136 valence electrons. The molecule has 2 N–H and O–H groups in total. The van der Waals surface area contributed by atoms with Crippen LogP contribution in [0.15, 0.2) is 59.1 Å². The molecule has 0 radical (unpaired) electrons. The molecule has 2 amide bonds. The highest BCUT2D eigenvalue weighted by Crippen LogP contribution is 2.22. The Morgan fingerprint density at radius 1 is 1.15 bits per heavy atom. The van der Waals surface area contributed by atoms with Crippen LogP contribution >= 0.6 is 15.9 Å². The summed E-state index contributed by atoms with van der Waals surface area (Å²) in [5, 5.41) is 12.7. The van der Waals surface area contributed by atoms with E-state index < -0.39 is 18.2 Å². The Balaban J connectivity index is 1.62. The minimum absolute atomic E-state index is 0.0754. The standard InChI is InChI=1S/C19H19BrN2O4/c20-14-6-8-15(9-7-14)21-18(24)17-10-16(23)11-22(17)19(25)26-12-13-4-2-1-3-5-13/h1-9,16-17,23H,10-12H2,(H,21,24)/t16-,17+/m1/s1. The van der Waals surface area contributed by atoms with Crippen molar-refractivity contribution in [3.05, 3.63) is 64.6 Å². The van der Waals surface area contributed by atoms with Crippen LogP contribution in [0.2, 0.25) is 0 Å². The average molecular weight is 419 g/mol. The maximum Gasteiger partial charge on any atom is 0.410 e. The van der Waals surface area contributed by atoms with E-state index in [1.807, 2.05) is 42.5 Å². The molecular formula is C19H19BrN2O4. The van der Waals surface area contributed by atoms with Crippen molar-refractivity contribution < 1.29 is 19.4 Å². The van der Waals surface area contributed by atoms with E-state index in [4.69, 9.17) is 4.74 Å². The van der Waals surface area contributed by atoms with Gasteiger partial charge in [0, 0.05) is 16.6 Å². The quantitative estimate of drug-likeness (QED) is 0.798. The van der Waals surface area contributed by atoms with E-state index in [1.54, 1.807) is 12.1 Å². The molecule has 1 aliphatic rings. The highest BCUT2D eigenvalue weighted by molar-refractivity contribution is 9.10. The van der Waals surface area contributed by atoms with Crippen molar-refractivity contribution in [3.63, 3.8) is 0 Å². The average Bonchev–Trinajstić information content (AvgIpc) is 3.04. The lowest BCUT2D eigenvalue weighted by Gasteiger charge is -2.23. The third kappa shape index (κ3) is 4.62. The van der Waals surface area contributed by atoms with Gasteiger partial charge in [0.05, 0.1) is 12.6 Å². The third-order valence-corrected chi connectivity index (χ3v) is 4.66. The fourth-order valence-corrected chi connectivity index (χ4v) is 3.09. The second-order valence-electron chi connectivity index (χ2n) is 6.09. The Bertz CT molecular complexity index is 767. The van der Waals surface area contributed by atoms with Gasteiger partial charge in [-0.25, -0.2) is 4.79 Å². The zero-order valence-corrected chi connectivity index (χ0v) is 15.6. The summed E-state index contributed by atoms with van der Waals surface area (Å²) in [5.41, 5.74) is 1.48. The van der Waals surface area contributed by atoms with E-state index in [-0.39, 0.29) is 25.5 Å². The SMILES string of the molecule is O=C(Nc1ccc(Br)cc1)[C@@H]1C[C@@H](O)CN1C(=O)OCc1ccccc1. The predicted octanol–water partition coefficient (Wildman–Crippen LogP) is 3.16. The van der Waals surface area contributed by atoms with Gasteiger partial charge >= 0.3 is 6.09 Å². The van der Waals surface area contributed by atoms with Crippen LogP contribution in [0.4, 0.5) is 10.5 Å². The first kappa shape index (κ1) is 18.4. The number of anilines is 1. The highest BCUT2D eigenvalue weighted by Gasteiger charge is 2.39. The molecule has 7 heteroatoms. The third-order valence-electron chi connectivity index (χ3n) is 4.13. The Labute approximate surface area is 159 Å². The lowest BCUT2D eigenvalue weighted by molar-refractivity contribution is -0.120. The molecule has 0 saturated carbocycles. The summed E-state index contributed by atoms with van der Waals surface area (Å²) in [6.07, 6.45) is -1.18. The van der Waals surface area contributed by atoms with Gasteiger partial charge in [-0.2, -0.15) is 0 Å². The van der Waals surface area contributed by atoms with E-state index in [9.17, 15) is 14.7 Å². The zero-order valence-electron chi connectivity index (χ0n) is 14.0. The zero-order chi connectivity index (χ0) is 18.5. The lowest BCUT2D eigenvalue weighted by Crippen LogP contribution is -2.43. The van der Waals surface area contributed by atoms with Crippen molar-refractivity contribution in [2.24, 2.45) is 0 Å². The summed E-state index contributed by atoms with van der Waals surface area (Å²) in [7, 11) is 0. The number of nitrogens with zero attached hydrogens (tertiary/aromatic N) is 1. The van der Waals surface area contributed by atoms with Crippen LogP contribution < -0.4 is 5.32 Å². The van der Waals surface area contributed by atoms with Gasteiger partial charge in [0.15, 0.2) is 0 Å². The lowest BCUT2D eigenvalue weighted by atomic mass is 10.2. The minimum atomic E-state index is -0.767. The van der Waals surface area contributed by atoms with Crippen LogP contribution in [0, 0.1) is 0 Å². The molecule has 2 aromatic carbocycles. The van der Waals surface area contributed by atoms with E-state index in [0.717, 1.165) is 10.0 Å². The molecule has 6 nitrogen and oxygen atoms in total. The predicted molar refractivity (Wildman–Crippen MR) is 101 cm³/mol. The molecule has 1 fully saturated rings. The molecule has 1 saturated heterocycles. The van der Waals surface area contributed by atoms with Crippen LogP contribution in [-0.4, -0.2) is 40.7 Å². The number of ether oxygens (including phenoxy) is 1. The van der Waals surface area contributed by atoms with E-state index in [1.165, 1.54) is 4.90 Å². The number of carbonyl (C=O) groups excluding carboxylic acids is 2. The number of halogens is 1. The maximum absolute atomic E-state index is 12.6. The van der Waals surface area contributed by atoms with Crippen LogP contribution in [0.1, 0.15) is 12.0 Å². The van der Waals surface area contributed by atoms with Gasteiger partial charge in [-0.05, 0) is 29.8 Å². The molecule has 26 heavy (non-hydrogen) atoms. The topological polar surface area (TPSA) is 78.9 Å². The van der Waals surface area contributed by atoms with Gasteiger partial charge in [0.2, 0.25) is 5.91 Å². The van der Waals surface area contributed by atoms with E-state index >= 15 is 0 Å². The second kappa shape index (κ2) is 8.33. The molecule has 0 spiro atoms. The van der Waals surface area contributed by atoms with E-state index in [2.05, 4.69) is 21.2 Å². The molecule has 3 rings (SSSR count). The molecule has 0 unspecified atom stereocenters. The number of nitrogens with one attached hydrogen (secondary N) is 1. The molecule has 2 atom stereocenters. The van der Waals surface area contributed by atoms with Crippen LogP contribution in [0.3, 0.4) is 0 Å². The summed E-state index contributed by atoms with van der Waals surface area (Å²) in [6.45, 7) is 0.194. The molecule has 0 aliphatic carbocycles. The molecular weight excluding hydrogens is 400 g/mol. The Hall–Kier alpha value is -2.38. The van der Waals surface area contributed by atoms with Crippen LogP contribution in [-0.2, 0) is 16.1 Å². The maximum atomic E-state index is 12.6. The molecule has 1 heterocycles. The monoisotopic (exact) mass is 418 g/mol. The van der Waals surface area contributed by atoms with Crippen molar-refractivity contribution in [1.29, 1.82) is 0 Å². The summed E-state index contributed by atoms with van der Waals surface area (Å²) in [4.78, 5) is 26.2. The first-order valence-electron chi connectivity index (χ1n) is 8.25. The van der Waals surface area contributed by atoms with Crippen molar-refractivity contribution in [2.45, 2.75) is 25.2 Å². The number of rotatable bonds is 4. The number of benzene rings is 2. The number of β-amino-alcohol motifs (C(OH)–C–C–N with tert-alkyl or cyclic N) is 1. The number of hydrogen-bond acceptors (Lipinski definition) is 4. The summed E-state index contributed by atoms with van der Waals surface area (Å²) >= 11 is 3.34. The second-order valence-corrected chi connectivity index (χ2v) is 7.01. The highest BCUT2D eigenvalue weighted by atomic mass is 79.9. The smallest absolute Gasteiger partial charge is 0.410 e. The Morgan fingerprint density at radius 3 is 2.54 bits per heavy atom. The van der Waals surface area contributed by atoms with Crippen molar-refractivity contribution in [1.82, 2.24) is 4.90 Å². The van der Waals surface area contributed by atoms with Crippen molar-refractivity contribution in [3.8, 4) is 0 Å². The number of hydrogen-bond donors (Lipinski definition) is 2. The number of likely N-dealkylation sites (tertiary alicyclic amines) is 1. The van der Waals surface area contributed by atoms with Gasteiger partial charge in [-0.3, -0.25) is 9.69 Å². The first-order chi connectivity index (χ1) is 12.5. The van der Waals surface area contributed by atoms with Gasteiger partial charge in [0.25, 0.3) is 0 Å². The van der Waals surface area contributed by atoms with Crippen LogP contribution in [0.25, 0.3) is 0 Å². The minimum Gasteiger partial charge on any atom is -0.445 e. The molecule has 1 aliphatic heterocycles. The Kier molecular flexibility index (Phi) is 5.90. The fraction of sp³-hybridized carbons (Fsp3) is 0.263. The van der Waals surface area contributed by atoms with Crippen molar-refractivity contribution in [2.75, 3.05) is 11.9 Å². The van der Waals surface area contributed by atoms with Crippen molar-refractivity contribution >= 4 is 33.6 Å². The molecule has 2 aromatic rings.